The van der Waals surface area contributed by atoms with Crippen LogP contribution in [0, 0.1) is 22.8 Å². The van der Waals surface area contributed by atoms with Gasteiger partial charge in [-0.3, -0.25) is 5.32 Å². The summed E-state index contributed by atoms with van der Waals surface area (Å²) < 4.78 is 26.1. The lowest BCUT2D eigenvalue weighted by Gasteiger charge is -2.26. The van der Waals surface area contributed by atoms with Crippen molar-refractivity contribution in [1.82, 2.24) is 15.0 Å². The first-order valence-corrected chi connectivity index (χ1v) is 9.33. The number of pyridine rings is 1. The molecule has 1 aliphatic heterocycles. The molecule has 0 aliphatic carbocycles. The van der Waals surface area contributed by atoms with Gasteiger partial charge in [0.2, 0.25) is 16.0 Å². The molecule has 0 amide bonds. The van der Waals surface area contributed by atoms with E-state index in [1.807, 2.05) is 6.07 Å². The third-order valence-electron chi connectivity index (χ3n) is 4.13. The van der Waals surface area contributed by atoms with Crippen LogP contribution in [-0.2, 0) is 10.0 Å². The molecule has 0 fully saturated rings. The predicted molar refractivity (Wildman–Crippen MR) is 102 cm³/mol. The Kier molecular flexibility index (Phi) is 4.75. The third kappa shape index (κ3) is 3.14. The van der Waals surface area contributed by atoms with Crippen molar-refractivity contribution < 1.29 is 8.42 Å². The fourth-order valence-electron chi connectivity index (χ4n) is 2.77. The molecule has 0 spiro atoms. The lowest BCUT2D eigenvalue weighted by molar-refractivity contribution is 0.588. The molecule has 1 atom stereocenters. The minimum Gasteiger partial charge on any atom is -0.397 e. The van der Waals surface area contributed by atoms with Gasteiger partial charge in [0.1, 0.15) is 29.3 Å². The van der Waals surface area contributed by atoms with Crippen LogP contribution in [0.4, 0.5) is 17.3 Å². The maximum atomic E-state index is 11.9. The standard InChI is InChI=1S/C16H15N9O2S/c1-21-28(26,27)9-4-2-8(3-5-9)13-11-12(19)10(6-17)14(20)24-15(11)25-16(23-13)22-7-18/h2-5,13,21H,1H3,(H6,19,20,22,23,24,25). The molecule has 1 unspecified atom stereocenters. The fourth-order valence-corrected chi connectivity index (χ4v) is 3.50. The number of guanidine groups is 1. The lowest BCUT2D eigenvalue weighted by Crippen LogP contribution is -2.32. The van der Waals surface area contributed by atoms with Crippen LogP contribution >= 0.6 is 0 Å². The van der Waals surface area contributed by atoms with Crippen molar-refractivity contribution in [1.29, 1.82) is 10.5 Å². The van der Waals surface area contributed by atoms with Gasteiger partial charge in [0.15, 0.2) is 6.19 Å². The van der Waals surface area contributed by atoms with Gasteiger partial charge >= 0.3 is 0 Å². The number of aromatic nitrogens is 1. The van der Waals surface area contributed by atoms with Crippen molar-refractivity contribution >= 4 is 33.3 Å². The molecule has 0 saturated carbocycles. The van der Waals surface area contributed by atoms with Crippen molar-refractivity contribution in [3.8, 4) is 12.3 Å². The Bertz CT molecular complexity index is 1160. The fraction of sp³-hybridized carbons (Fsp3) is 0.125. The highest BCUT2D eigenvalue weighted by Gasteiger charge is 2.29. The molecule has 1 aromatic carbocycles. The van der Waals surface area contributed by atoms with Crippen LogP contribution in [-0.4, -0.2) is 26.4 Å². The van der Waals surface area contributed by atoms with E-state index >= 15 is 0 Å². The molecule has 3 rings (SSSR count). The summed E-state index contributed by atoms with van der Waals surface area (Å²) in [6.45, 7) is 0. The number of hydrogen-bond donors (Lipinski definition) is 5. The first kappa shape index (κ1) is 18.9. The van der Waals surface area contributed by atoms with Crippen LogP contribution in [0.25, 0.3) is 0 Å². The van der Waals surface area contributed by atoms with Crippen LogP contribution < -0.4 is 26.8 Å². The van der Waals surface area contributed by atoms with E-state index in [1.165, 1.54) is 19.2 Å². The van der Waals surface area contributed by atoms with Gasteiger partial charge in [-0.25, -0.2) is 23.1 Å². The quantitative estimate of drug-likeness (QED) is 0.349. The third-order valence-corrected chi connectivity index (χ3v) is 5.56. The van der Waals surface area contributed by atoms with Gasteiger partial charge in [0.25, 0.3) is 0 Å². The van der Waals surface area contributed by atoms with Crippen molar-refractivity contribution in [3.05, 3.63) is 41.0 Å². The molecule has 2 aromatic rings. The number of rotatable bonds is 3. The highest BCUT2D eigenvalue weighted by molar-refractivity contribution is 7.89. The number of fused-ring (bicyclic) bond motifs is 1. The molecule has 0 bridgehead atoms. The summed E-state index contributed by atoms with van der Waals surface area (Å²) in [7, 11) is -2.28. The van der Waals surface area contributed by atoms with Crippen molar-refractivity contribution in [2.45, 2.75) is 10.9 Å². The SMILES string of the molecule is CNS(=O)(=O)c1ccc(C2N=C(NC#N)Nc3nc(N)c(C#N)c(N)c32)cc1. The van der Waals surface area contributed by atoms with Crippen LogP contribution in [0.1, 0.15) is 22.7 Å². The number of nitrogen functional groups attached to an aromatic ring is 2. The molecule has 0 saturated heterocycles. The number of aliphatic imine (C=N–C) groups is 1. The molecular formula is C16H15N9O2S. The number of hydrogen-bond acceptors (Lipinski definition) is 10. The maximum Gasteiger partial charge on any atom is 0.240 e. The zero-order chi connectivity index (χ0) is 20.5. The molecule has 0 radical (unpaired) electrons. The summed E-state index contributed by atoms with van der Waals surface area (Å²) in [4.78, 5) is 8.63. The van der Waals surface area contributed by atoms with Gasteiger partial charge in [0, 0.05) is 5.56 Å². The second-order valence-corrected chi connectivity index (χ2v) is 7.56. The lowest BCUT2D eigenvalue weighted by atomic mass is 9.95. The average Bonchev–Trinajstić information content (AvgIpc) is 2.68. The number of anilines is 3. The molecule has 11 nitrogen and oxygen atoms in total. The molecule has 12 heteroatoms. The van der Waals surface area contributed by atoms with Crippen molar-refractivity contribution in [2.24, 2.45) is 4.99 Å². The van der Waals surface area contributed by atoms with Gasteiger partial charge in [-0.1, -0.05) is 12.1 Å². The number of nitrogens with zero attached hydrogens (tertiary/aromatic N) is 4. The van der Waals surface area contributed by atoms with Crippen LogP contribution in [0.3, 0.4) is 0 Å². The summed E-state index contributed by atoms with van der Waals surface area (Å²) in [5, 5.41) is 23.4. The van der Waals surface area contributed by atoms with Crippen LogP contribution in [0.5, 0.6) is 0 Å². The first-order chi connectivity index (χ1) is 13.3. The summed E-state index contributed by atoms with van der Waals surface area (Å²) in [5.74, 6) is 0.306. The molecule has 1 aliphatic rings. The number of sulfonamides is 1. The summed E-state index contributed by atoms with van der Waals surface area (Å²) in [6, 6.07) is 7.15. The smallest absolute Gasteiger partial charge is 0.240 e. The van der Waals surface area contributed by atoms with Crippen molar-refractivity contribution in [2.75, 3.05) is 23.8 Å². The molecular weight excluding hydrogens is 382 g/mol. The number of benzene rings is 1. The Morgan fingerprint density at radius 2 is 1.89 bits per heavy atom. The Labute approximate surface area is 160 Å². The minimum absolute atomic E-state index is 0.0202. The van der Waals surface area contributed by atoms with E-state index in [1.54, 1.807) is 18.3 Å². The Hall–Kier alpha value is -3.87. The minimum atomic E-state index is -3.60. The summed E-state index contributed by atoms with van der Waals surface area (Å²) in [6.07, 6.45) is 1.76. The van der Waals surface area contributed by atoms with E-state index in [-0.39, 0.29) is 33.7 Å². The second kappa shape index (κ2) is 7.03. The number of nitriles is 2. The van der Waals surface area contributed by atoms with E-state index in [0.717, 1.165) is 0 Å². The average molecular weight is 397 g/mol. The second-order valence-electron chi connectivity index (χ2n) is 5.68. The van der Waals surface area contributed by atoms with Crippen molar-refractivity contribution in [3.63, 3.8) is 0 Å². The zero-order valence-electron chi connectivity index (χ0n) is 14.6. The monoisotopic (exact) mass is 397 g/mol. The molecule has 28 heavy (non-hydrogen) atoms. The van der Waals surface area contributed by atoms with E-state index in [2.05, 4.69) is 25.3 Å². The Morgan fingerprint density at radius 1 is 1.21 bits per heavy atom. The summed E-state index contributed by atoms with van der Waals surface area (Å²) >= 11 is 0. The van der Waals surface area contributed by atoms with Crippen LogP contribution in [0.15, 0.2) is 34.2 Å². The predicted octanol–water partition coefficient (Wildman–Crippen LogP) is -0.0326. The number of nitrogens with two attached hydrogens (primary N) is 2. The normalized spacial score (nSPS) is 15.4. The first-order valence-electron chi connectivity index (χ1n) is 7.84. The van der Waals surface area contributed by atoms with E-state index in [0.29, 0.717) is 11.1 Å². The highest BCUT2D eigenvalue weighted by atomic mass is 32.2. The van der Waals surface area contributed by atoms with E-state index in [9.17, 15) is 13.7 Å². The van der Waals surface area contributed by atoms with E-state index < -0.39 is 16.1 Å². The highest BCUT2D eigenvalue weighted by Crippen LogP contribution is 2.40. The Morgan fingerprint density at radius 3 is 2.46 bits per heavy atom. The molecule has 7 N–H and O–H groups in total. The Balaban J connectivity index is 2.18. The van der Waals surface area contributed by atoms with Gasteiger partial charge in [-0.15, -0.1) is 0 Å². The topological polar surface area (TPSA) is 195 Å². The van der Waals surface area contributed by atoms with Gasteiger partial charge in [-0.2, -0.15) is 10.5 Å². The maximum absolute atomic E-state index is 11.9. The largest absolute Gasteiger partial charge is 0.397 e. The molecule has 2 heterocycles. The molecule has 142 valence electrons. The summed E-state index contributed by atoms with van der Waals surface area (Å²) in [5.41, 5.74) is 13.0. The van der Waals surface area contributed by atoms with Crippen LogP contribution in [0.2, 0.25) is 0 Å². The molecule has 1 aromatic heterocycles. The number of nitrogens with one attached hydrogen (secondary N) is 3. The zero-order valence-corrected chi connectivity index (χ0v) is 15.4. The van der Waals surface area contributed by atoms with Gasteiger partial charge < -0.3 is 16.8 Å². The van der Waals surface area contributed by atoms with Gasteiger partial charge in [0.05, 0.1) is 10.6 Å². The van der Waals surface area contributed by atoms with Gasteiger partial charge in [-0.05, 0) is 24.7 Å². The van der Waals surface area contributed by atoms with E-state index in [4.69, 9.17) is 16.7 Å².